The SMILES string of the molecule is [2H]C([2H])([2H])c1cc(Br)ccc1N1C([2H])([2H])C([2H])([2H])NC([2H])([2H])C1([2H])[2H]. The summed E-state index contributed by atoms with van der Waals surface area (Å²) in [6.45, 7) is -14.9. The van der Waals surface area contributed by atoms with Gasteiger partial charge in [0.05, 0.1) is 5.48 Å². The quantitative estimate of drug-likeness (QED) is 0.838. The highest BCUT2D eigenvalue weighted by Gasteiger charge is 2.11. The molecule has 0 radical (unpaired) electrons. The molecule has 1 saturated heterocycles. The Morgan fingerprint density at radius 1 is 1.50 bits per heavy atom. The molecule has 1 aliphatic heterocycles. The van der Waals surface area contributed by atoms with Gasteiger partial charge in [0.1, 0.15) is 0 Å². The molecule has 0 bridgehead atoms. The second-order valence-corrected chi connectivity index (χ2v) is 3.51. The van der Waals surface area contributed by atoms with Gasteiger partial charge < -0.3 is 10.2 Å². The van der Waals surface area contributed by atoms with Crippen LogP contribution in [0.3, 0.4) is 0 Å². The third-order valence-corrected chi connectivity index (χ3v) is 2.15. The van der Waals surface area contributed by atoms with Crippen LogP contribution in [-0.2, 0) is 0 Å². The van der Waals surface area contributed by atoms with E-state index in [-0.39, 0.29) is 4.90 Å². The van der Waals surface area contributed by atoms with Gasteiger partial charge >= 0.3 is 0 Å². The number of benzene rings is 1. The largest absolute Gasteiger partial charge is 0.369 e. The maximum atomic E-state index is 8.06. The number of hydrogen-bond donors (Lipinski definition) is 1. The molecule has 1 aromatic carbocycles. The van der Waals surface area contributed by atoms with Crippen LogP contribution in [0.25, 0.3) is 0 Å². The lowest BCUT2D eigenvalue weighted by Crippen LogP contribution is -2.43. The molecule has 0 unspecified atom stereocenters. The predicted molar refractivity (Wildman–Crippen MR) is 64.0 cm³/mol. The van der Waals surface area contributed by atoms with Gasteiger partial charge in [-0.2, -0.15) is 0 Å². The van der Waals surface area contributed by atoms with Crippen LogP contribution < -0.4 is 10.2 Å². The van der Waals surface area contributed by atoms with E-state index in [1.807, 2.05) is 0 Å². The van der Waals surface area contributed by atoms with E-state index in [4.69, 9.17) is 15.1 Å². The van der Waals surface area contributed by atoms with E-state index < -0.39 is 44.1 Å². The molecule has 0 aliphatic carbocycles. The first-order valence-electron chi connectivity index (χ1n) is 9.35. The zero-order chi connectivity index (χ0) is 19.6. The van der Waals surface area contributed by atoms with Gasteiger partial charge in [-0.3, -0.25) is 0 Å². The van der Waals surface area contributed by atoms with E-state index in [0.29, 0.717) is 4.47 Å². The molecule has 1 aromatic rings. The van der Waals surface area contributed by atoms with Crippen LogP contribution >= 0.6 is 15.9 Å². The van der Waals surface area contributed by atoms with Gasteiger partial charge in [0.15, 0.2) is 0 Å². The van der Waals surface area contributed by atoms with E-state index in [2.05, 4.69) is 15.9 Å². The van der Waals surface area contributed by atoms with E-state index in [0.717, 1.165) is 12.1 Å². The Morgan fingerprint density at radius 2 is 2.29 bits per heavy atom. The van der Waals surface area contributed by atoms with E-state index >= 15 is 0 Å². The fourth-order valence-corrected chi connectivity index (χ4v) is 1.41. The van der Waals surface area contributed by atoms with Crippen molar-refractivity contribution in [3.05, 3.63) is 28.2 Å². The molecule has 1 heterocycles. The predicted octanol–water partition coefficient (Wildman–Crippen LogP) is 2.17. The average molecular weight is 266 g/mol. The summed E-state index contributed by atoms with van der Waals surface area (Å²) < 4.78 is 86.6. The molecule has 0 amide bonds. The monoisotopic (exact) mass is 265 g/mol. The second kappa shape index (κ2) is 4.32. The van der Waals surface area contributed by atoms with Crippen LogP contribution in [0, 0.1) is 6.85 Å². The third-order valence-electron chi connectivity index (χ3n) is 1.66. The van der Waals surface area contributed by atoms with E-state index in [9.17, 15) is 0 Å². The van der Waals surface area contributed by atoms with Crippen molar-refractivity contribution >= 4 is 21.6 Å². The van der Waals surface area contributed by atoms with Crippen LogP contribution in [0.15, 0.2) is 22.7 Å². The lowest BCUT2D eigenvalue weighted by atomic mass is 10.1. The number of halogens is 1. The highest BCUT2D eigenvalue weighted by molar-refractivity contribution is 9.10. The van der Waals surface area contributed by atoms with Crippen molar-refractivity contribution in [3.8, 4) is 0 Å². The number of nitrogens with zero attached hydrogens (tertiary/aromatic N) is 1. The van der Waals surface area contributed by atoms with Crippen molar-refractivity contribution in [1.82, 2.24) is 5.32 Å². The Balaban J connectivity index is 2.83. The molecule has 2 nitrogen and oxygen atoms in total. The van der Waals surface area contributed by atoms with Gasteiger partial charge in [0.2, 0.25) is 0 Å². The smallest absolute Gasteiger partial charge is 0.0506 e. The van der Waals surface area contributed by atoms with Crippen LogP contribution in [0.1, 0.15) is 20.6 Å². The summed E-state index contributed by atoms with van der Waals surface area (Å²) in [7, 11) is 0. The summed E-state index contributed by atoms with van der Waals surface area (Å²) >= 11 is 3.10. The van der Waals surface area contributed by atoms with E-state index in [1.165, 1.54) is 6.07 Å². The molecule has 0 aromatic heterocycles. The summed E-state index contributed by atoms with van der Waals surface area (Å²) in [6, 6.07) is 3.63. The maximum absolute atomic E-state index is 8.06. The maximum Gasteiger partial charge on any atom is 0.0506 e. The van der Waals surface area contributed by atoms with Crippen LogP contribution in [0.5, 0.6) is 0 Å². The molecule has 1 aliphatic rings. The molecule has 1 N–H and O–H groups in total. The molecule has 14 heavy (non-hydrogen) atoms. The first-order chi connectivity index (χ1) is 11.0. The summed E-state index contributed by atoms with van der Waals surface area (Å²) in [5.74, 6) is 0. The molecule has 0 atom stereocenters. The van der Waals surface area contributed by atoms with Crippen molar-refractivity contribution in [3.63, 3.8) is 0 Å². The first-order valence-corrected chi connectivity index (χ1v) is 4.64. The highest BCUT2D eigenvalue weighted by atomic mass is 79.9. The van der Waals surface area contributed by atoms with Gasteiger partial charge in [0.25, 0.3) is 0 Å². The topological polar surface area (TPSA) is 15.3 Å². The van der Waals surface area contributed by atoms with Gasteiger partial charge in [0, 0.05) is 45.7 Å². The number of rotatable bonds is 1. The highest BCUT2D eigenvalue weighted by Crippen LogP contribution is 2.23. The molecular formula is C11H15BrN2. The second-order valence-electron chi connectivity index (χ2n) is 2.60. The van der Waals surface area contributed by atoms with Crippen LogP contribution in [0.2, 0.25) is 0 Å². The number of piperazine rings is 1. The van der Waals surface area contributed by atoms with Crippen molar-refractivity contribution in [2.24, 2.45) is 0 Å². The van der Waals surface area contributed by atoms with Crippen molar-refractivity contribution in [2.45, 2.75) is 6.85 Å². The molecule has 2 rings (SSSR count). The summed E-state index contributed by atoms with van der Waals surface area (Å²) in [5.41, 5.74) is -0.879. The van der Waals surface area contributed by atoms with Gasteiger partial charge in [-0.15, -0.1) is 0 Å². The van der Waals surface area contributed by atoms with Gasteiger partial charge in [-0.1, -0.05) is 15.9 Å². The Labute approximate surface area is 109 Å². The molecule has 3 heteroatoms. The minimum absolute atomic E-state index is 0.227. The number of nitrogens with one attached hydrogen (secondary N) is 1. The molecule has 0 spiro atoms. The third kappa shape index (κ3) is 2.10. The fourth-order valence-electron chi connectivity index (χ4n) is 1.05. The lowest BCUT2D eigenvalue weighted by Gasteiger charge is -2.30. The average Bonchev–Trinajstić information content (AvgIpc) is 2.36. The van der Waals surface area contributed by atoms with Crippen molar-refractivity contribution in [1.29, 1.82) is 0 Å². The molecule has 0 saturated carbocycles. The Kier molecular flexibility index (Phi) is 0.995. The zero-order valence-electron chi connectivity index (χ0n) is 18.1. The zero-order valence-corrected chi connectivity index (χ0v) is 8.64. The summed E-state index contributed by atoms with van der Waals surface area (Å²) in [4.78, 5) is 0.227. The first kappa shape index (κ1) is 3.22. The summed E-state index contributed by atoms with van der Waals surface area (Å²) in [6.07, 6.45) is 0. The Morgan fingerprint density at radius 3 is 3.00 bits per heavy atom. The summed E-state index contributed by atoms with van der Waals surface area (Å²) in [5, 5.41) is 1.71. The van der Waals surface area contributed by atoms with Gasteiger partial charge in [-0.05, 0) is 30.6 Å². The number of hydrogen-bond acceptors (Lipinski definition) is 2. The standard InChI is InChI=1S/C11H15BrN2/c1-9-8-10(12)2-3-11(9)14-6-4-13-5-7-14/h2-3,8,13H,4-7H2,1H3/i1D3,4D2,5D2,6D2,7D2. The Hall–Kier alpha value is -0.540. The van der Waals surface area contributed by atoms with Crippen molar-refractivity contribution < 1.29 is 15.1 Å². The van der Waals surface area contributed by atoms with E-state index in [1.54, 1.807) is 5.32 Å². The lowest BCUT2D eigenvalue weighted by molar-refractivity contribution is 0.588. The molecular weight excluding hydrogens is 240 g/mol. The minimum Gasteiger partial charge on any atom is -0.369 e. The Bertz CT molecular complexity index is 659. The molecule has 76 valence electrons. The minimum atomic E-state index is -3.09. The van der Waals surface area contributed by atoms with Crippen LogP contribution in [-0.4, -0.2) is 26.0 Å². The van der Waals surface area contributed by atoms with Crippen molar-refractivity contribution in [2.75, 3.05) is 30.9 Å². The normalized spacial score (nSPS) is 44.1. The number of aryl methyl sites for hydroxylation is 1. The van der Waals surface area contributed by atoms with Crippen LogP contribution in [0.4, 0.5) is 5.69 Å². The molecule has 1 fully saturated rings. The van der Waals surface area contributed by atoms with Gasteiger partial charge in [-0.25, -0.2) is 0 Å². The number of anilines is 1. The fraction of sp³-hybridized carbons (Fsp3) is 0.455.